The maximum absolute atomic E-state index is 15.0. The highest BCUT2D eigenvalue weighted by atomic mass is 35.5. The van der Waals surface area contributed by atoms with E-state index in [0.29, 0.717) is 5.02 Å². The van der Waals surface area contributed by atoms with Gasteiger partial charge >= 0.3 is 5.92 Å². The first-order valence-corrected chi connectivity index (χ1v) is 9.16. The Hall–Kier alpha value is -1.88. The lowest BCUT2D eigenvalue weighted by atomic mass is 9.99. The molecule has 0 atom stereocenters. The number of Topliss-reactive ketones (excluding diaryl/α,β-unsaturated/α-hetero) is 1. The van der Waals surface area contributed by atoms with E-state index in [2.05, 4.69) is 0 Å². The number of halogens is 4. The third-order valence-electron chi connectivity index (χ3n) is 3.64. The van der Waals surface area contributed by atoms with Crippen LogP contribution in [0.4, 0.5) is 8.78 Å². The van der Waals surface area contributed by atoms with Gasteiger partial charge in [-0.25, -0.2) is 0 Å². The van der Waals surface area contributed by atoms with E-state index in [0.717, 1.165) is 22.7 Å². The van der Waals surface area contributed by atoms with Gasteiger partial charge in [0.1, 0.15) is 0 Å². The summed E-state index contributed by atoms with van der Waals surface area (Å²) in [6.45, 7) is 0. The molecule has 26 heavy (non-hydrogen) atoms. The van der Waals surface area contributed by atoms with Gasteiger partial charge in [-0.15, -0.1) is 0 Å². The van der Waals surface area contributed by atoms with Crippen molar-refractivity contribution in [2.24, 2.45) is 0 Å². The topological polar surface area (TPSA) is 17.1 Å². The van der Waals surface area contributed by atoms with E-state index in [9.17, 15) is 13.6 Å². The summed E-state index contributed by atoms with van der Waals surface area (Å²) in [4.78, 5) is 13.4. The van der Waals surface area contributed by atoms with Crippen molar-refractivity contribution in [3.63, 3.8) is 0 Å². The van der Waals surface area contributed by atoms with Crippen LogP contribution in [0.1, 0.15) is 15.9 Å². The number of rotatable bonds is 5. The second-order valence-corrected chi connectivity index (χ2v) is 7.45. The second kappa shape index (κ2) is 7.78. The highest BCUT2D eigenvalue weighted by Gasteiger charge is 2.43. The Balaban J connectivity index is 2.01. The van der Waals surface area contributed by atoms with Crippen LogP contribution in [0.15, 0.2) is 82.6 Å². The Labute approximate surface area is 163 Å². The summed E-state index contributed by atoms with van der Waals surface area (Å²) >= 11 is 12.9. The van der Waals surface area contributed by atoms with Gasteiger partial charge in [0.15, 0.2) is 0 Å². The summed E-state index contributed by atoms with van der Waals surface area (Å²) in [5.74, 6) is -4.97. The van der Waals surface area contributed by atoms with Crippen LogP contribution in [0, 0.1) is 0 Å². The van der Waals surface area contributed by atoms with Crippen LogP contribution < -0.4 is 0 Å². The fraction of sp³-hybridized carbons (Fsp3) is 0.0500. The molecule has 1 nitrogen and oxygen atoms in total. The van der Waals surface area contributed by atoms with Crippen molar-refractivity contribution in [1.82, 2.24) is 0 Å². The first-order chi connectivity index (χ1) is 12.4. The molecule has 0 aliphatic heterocycles. The number of hydrogen-bond acceptors (Lipinski definition) is 2. The molecule has 0 spiro atoms. The van der Waals surface area contributed by atoms with Gasteiger partial charge in [-0.3, -0.25) is 4.79 Å². The van der Waals surface area contributed by atoms with Crippen molar-refractivity contribution in [2.75, 3.05) is 0 Å². The molecule has 0 saturated heterocycles. The summed E-state index contributed by atoms with van der Waals surface area (Å²) in [5.41, 5.74) is -0.473. The van der Waals surface area contributed by atoms with Crippen LogP contribution >= 0.6 is 35.0 Å². The number of benzene rings is 3. The second-order valence-electron chi connectivity index (χ2n) is 5.47. The largest absolute Gasteiger partial charge is 0.336 e. The van der Waals surface area contributed by atoms with Gasteiger partial charge in [0.2, 0.25) is 5.78 Å². The molecule has 3 aromatic carbocycles. The summed E-state index contributed by atoms with van der Waals surface area (Å²) < 4.78 is 30.0. The molecule has 0 aromatic heterocycles. The monoisotopic (exact) mass is 408 g/mol. The third kappa shape index (κ3) is 4.09. The van der Waals surface area contributed by atoms with Gasteiger partial charge in [0, 0.05) is 31.0 Å². The molecule has 0 aliphatic rings. The van der Waals surface area contributed by atoms with Crippen molar-refractivity contribution in [3.8, 4) is 0 Å². The summed E-state index contributed by atoms with van der Waals surface area (Å²) in [5, 5.41) is 0.691. The van der Waals surface area contributed by atoms with Crippen LogP contribution in [0.2, 0.25) is 10.0 Å². The molecule has 0 unspecified atom stereocenters. The predicted molar refractivity (Wildman–Crippen MR) is 102 cm³/mol. The quantitative estimate of drug-likeness (QED) is 0.418. The highest BCUT2D eigenvalue weighted by Crippen LogP contribution is 2.41. The first kappa shape index (κ1) is 18.9. The van der Waals surface area contributed by atoms with Gasteiger partial charge in [-0.2, -0.15) is 8.78 Å². The minimum absolute atomic E-state index is 0.0556. The lowest BCUT2D eigenvalue weighted by Gasteiger charge is -2.19. The molecule has 0 amide bonds. The molecule has 3 aromatic rings. The van der Waals surface area contributed by atoms with Crippen molar-refractivity contribution in [2.45, 2.75) is 15.7 Å². The van der Waals surface area contributed by atoms with Crippen molar-refractivity contribution >= 4 is 40.7 Å². The Morgan fingerprint density at radius 1 is 0.846 bits per heavy atom. The maximum Gasteiger partial charge on any atom is 0.336 e. The lowest BCUT2D eigenvalue weighted by molar-refractivity contribution is 0.00578. The van der Waals surface area contributed by atoms with E-state index in [1.54, 1.807) is 42.5 Å². The van der Waals surface area contributed by atoms with E-state index in [-0.39, 0.29) is 15.5 Å². The molecular weight excluding hydrogens is 397 g/mol. The predicted octanol–water partition coefficient (Wildman–Crippen LogP) is 7.12. The van der Waals surface area contributed by atoms with Gasteiger partial charge in [0.25, 0.3) is 0 Å². The van der Waals surface area contributed by atoms with Crippen LogP contribution in [-0.4, -0.2) is 5.78 Å². The molecule has 6 heteroatoms. The third-order valence-corrected chi connectivity index (χ3v) is 5.21. The fourth-order valence-electron chi connectivity index (χ4n) is 2.36. The number of hydrogen-bond donors (Lipinski definition) is 0. The van der Waals surface area contributed by atoms with Crippen LogP contribution in [0.5, 0.6) is 0 Å². The molecule has 0 radical (unpaired) electrons. The molecule has 0 N–H and O–H groups in total. The zero-order valence-electron chi connectivity index (χ0n) is 13.3. The van der Waals surface area contributed by atoms with E-state index in [1.165, 1.54) is 24.3 Å². The zero-order valence-corrected chi connectivity index (χ0v) is 15.6. The molecule has 0 bridgehead atoms. The molecule has 3 rings (SSSR count). The van der Waals surface area contributed by atoms with Crippen molar-refractivity contribution in [3.05, 3.63) is 94.0 Å². The van der Waals surface area contributed by atoms with Gasteiger partial charge in [-0.05, 0) is 42.5 Å². The summed E-state index contributed by atoms with van der Waals surface area (Å²) in [6.07, 6.45) is 0. The average molecular weight is 409 g/mol. The zero-order chi connectivity index (χ0) is 18.7. The lowest BCUT2D eigenvalue weighted by Crippen LogP contribution is -2.26. The fourth-order valence-corrected chi connectivity index (χ4v) is 3.62. The van der Waals surface area contributed by atoms with E-state index >= 15 is 0 Å². The molecule has 0 fully saturated rings. The normalized spacial score (nSPS) is 11.4. The van der Waals surface area contributed by atoms with Gasteiger partial charge in [-0.1, -0.05) is 65.3 Å². The van der Waals surface area contributed by atoms with E-state index in [1.807, 2.05) is 0 Å². The van der Waals surface area contributed by atoms with Gasteiger partial charge in [0.05, 0.1) is 0 Å². The standard InChI is InChI=1S/C20H12Cl2F2OS/c21-14-6-9-16(10-7-14)26-18-11-8-15(22)12-17(18)20(23,24)19(25)13-4-2-1-3-5-13/h1-12H. The molecule has 0 saturated carbocycles. The summed E-state index contributed by atoms with van der Waals surface area (Å²) in [6, 6.07) is 18.4. The highest BCUT2D eigenvalue weighted by molar-refractivity contribution is 7.99. The molecule has 0 aliphatic carbocycles. The van der Waals surface area contributed by atoms with Crippen molar-refractivity contribution < 1.29 is 13.6 Å². The number of carbonyl (C=O) groups excluding carboxylic acids is 1. The minimum Gasteiger partial charge on any atom is -0.287 e. The summed E-state index contributed by atoms with van der Waals surface area (Å²) in [7, 11) is 0. The molecule has 132 valence electrons. The Morgan fingerprint density at radius 3 is 2.12 bits per heavy atom. The number of carbonyl (C=O) groups is 1. The SMILES string of the molecule is O=C(c1ccccc1)C(F)(F)c1cc(Cl)ccc1Sc1ccc(Cl)cc1. The molecule has 0 heterocycles. The van der Waals surface area contributed by atoms with Crippen molar-refractivity contribution in [1.29, 1.82) is 0 Å². The van der Waals surface area contributed by atoms with E-state index < -0.39 is 17.3 Å². The molecular formula is C20H12Cl2F2OS. The first-order valence-electron chi connectivity index (χ1n) is 7.59. The smallest absolute Gasteiger partial charge is 0.287 e. The minimum atomic E-state index is -3.71. The van der Waals surface area contributed by atoms with E-state index in [4.69, 9.17) is 23.2 Å². The Morgan fingerprint density at radius 2 is 1.46 bits per heavy atom. The van der Waals surface area contributed by atoms with Crippen LogP contribution in [0.25, 0.3) is 0 Å². The number of ketones is 1. The maximum atomic E-state index is 15.0. The Bertz CT molecular complexity index is 928. The van der Waals surface area contributed by atoms with Gasteiger partial charge < -0.3 is 0 Å². The number of alkyl halides is 2. The van der Waals surface area contributed by atoms with Crippen LogP contribution in [-0.2, 0) is 5.92 Å². The van der Waals surface area contributed by atoms with Crippen LogP contribution in [0.3, 0.4) is 0 Å². The Kier molecular flexibility index (Phi) is 5.66. The average Bonchev–Trinajstić information content (AvgIpc) is 2.65.